The van der Waals surface area contributed by atoms with E-state index in [2.05, 4.69) is 10.6 Å². The number of rotatable bonds is 0. The molecule has 0 aromatic heterocycles. The zero-order valence-corrected chi connectivity index (χ0v) is 6.88. The lowest BCUT2D eigenvalue weighted by atomic mass is 10.7. The van der Waals surface area contributed by atoms with E-state index in [1.54, 1.807) is 0 Å². The van der Waals surface area contributed by atoms with Crippen molar-refractivity contribution in [2.24, 2.45) is 0 Å². The summed E-state index contributed by atoms with van der Waals surface area (Å²) in [4.78, 5) is 0. The standard InChI is InChI=1S/C3H7NO.C3H7NS/c2*1-2-5-3-4-1/h2*4H,1-3H2. The molecule has 3 nitrogen and oxygen atoms in total. The van der Waals surface area contributed by atoms with Crippen molar-refractivity contribution < 1.29 is 4.74 Å². The Labute approximate surface area is 65.9 Å². The maximum Gasteiger partial charge on any atom is 0.0966 e. The SMILES string of the molecule is C1COCN1.C1CSCN1. The monoisotopic (exact) mass is 162 g/mol. The zero-order valence-electron chi connectivity index (χ0n) is 6.06. The molecule has 10 heavy (non-hydrogen) atoms. The van der Waals surface area contributed by atoms with E-state index < -0.39 is 0 Å². The first kappa shape index (κ1) is 8.33. The van der Waals surface area contributed by atoms with E-state index in [1.165, 1.54) is 18.2 Å². The van der Waals surface area contributed by atoms with Gasteiger partial charge in [-0.3, -0.25) is 5.32 Å². The molecule has 0 bridgehead atoms. The van der Waals surface area contributed by atoms with Crippen LogP contribution in [0.15, 0.2) is 0 Å². The molecule has 0 atom stereocenters. The molecule has 2 saturated heterocycles. The van der Waals surface area contributed by atoms with Crippen LogP contribution in [-0.4, -0.2) is 38.1 Å². The summed E-state index contributed by atoms with van der Waals surface area (Å²) in [5.74, 6) is 2.47. The van der Waals surface area contributed by atoms with Gasteiger partial charge in [0.15, 0.2) is 0 Å². The van der Waals surface area contributed by atoms with Gasteiger partial charge in [0.2, 0.25) is 0 Å². The Kier molecular flexibility index (Phi) is 4.97. The number of thioether (sulfide) groups is 1. The molecular formula is C6H14N2OS. The smallest absolute Gasteiger partial charge is 0.0966 e. The fourth-order valence-corrected chi connectivity index (χ4v) is 1.44. The van der Waals surface area contributed by atoms with E-state index in [4.69, 9.17) is 4.74 Å². The molecule has 2 aliphatic rings. The van der Waals surface area contributed by atoms with E-state index in [0.717, 1.165) is 19.9 Å². The second-order valence-electron chi connectivity index (χ2n) is 2.11. The van der Waals surface area contributed by atoms with Crippen molar-refractivity contribution >= 4 is 11.8 Å². The fraction of sp³-hybridized carbons (Fsp3) is 1.00. The zero-order chi connectivity index (χ0) is 7.07. The molecule has 60 valence electrons. The lowest BCUT2D eigenvalue weighted by Gasteiger charge is -1.76. The number of hydrogen-bond acceptors (Lipinski definition) is 4. The average Bonchev–Trinajstić information content (AvgIpc) is 2.67. The summed E-state index contributed by atoms with van der Waals surface area (Å²) < 4.78 is 4.83. The van der Waals surface area contributed by atoms with Crippen LogP contribution in [0.3, 0.4) is 0 Å². The second kappa shape index (κ2) is 5.97. The van der Waals surface area contributed by atoms with Gasteiger partial charge < -0.3 is 10.1 Å². The Morgan fingerprint density at radius 3 is 2.40 bits per heavy atom. The first-order chi connectivity index (χ1) is 5.00. The molecule has 2 fully saturated rings. The molecule has 0 amide bonds. The van der Waals surface area contributed by atoms with Gasteiger partial charge in [-0.2, -0.15) is 0 Å². The first-order valence-corrected chi connectivity index (χ1v) is 4.72. The molecule has 2 rings (SSSR count). The Morgan fingerprint density at radius 1 is 1.20 bits per heavy atom. The molecule has 0 aromatic carbocycles. The number of hydrogen-bond donors (Lipinski definition) is 2. The Balaban J connectivity index is 0.0000001000. The molecule has 0 aromatic rings. The molecule has 0 radical (unpaired) electrons. The Morgan fingerprint density at radius 2 is 2.20 bits per heavy atom. The maximum atomic E-state index is 4.83. The van der Waals surface area contributed by atoms with Gasteiger partial charge in [0.05, 0.1) is 13.3 Å². The average molecular weight is 162 g/mol. The van der Waals surface area contributed by atoms with Crippen LogP contribution >= 0.6 is 11.8 Å². The van der Waals surface area contributed by atoms with Gasteiger partial charge in [-0.15, -0.1) is 11.8 Å². The van der Waals surface area contributed by atoms with Crippen molar-refractivity contribution in [3.63, 3.8) is 0 Å². The summed E-state index contributed by atoms with van der Waals surface area (Å²) in [5.41, 5.74) is 0. The highest BCUT2D eigenvalue weighted by atomic mass is 32.2. The summed E-state index contributed by atoms with van der Waals surface area (Å²) >= 11 is 1.96. The molecular weight excluding hydrogens is 148 g/mol. The van der Waals surface area contributed by atoms with Crippen LogP contribution in [0.4, 0.5) is 0 Å². The maximum absolute atomic E-state index is 4.83. The van der Waals surface area contributed by atoms with Crippen LogP contribution in [0.1, 0.15) is 0 Å². The highest BCUT2D eigenvalue weighted by Gasteiger charge is 1.93. The van der Waals surface area contributed by atoms with E-state index >= 15 is 0 Å². The minimum absolute atomic E-state index is 0.750. The summed E-state index contributed by atoms with van der Waals surface area (Å²) in [5, 5.41) is 6.19. The minimum atomic E-state index is 0.750. The largest absolute Gasteiger partial charge is 0.365 e. The molecule has 2 aliphatic heterocycles. The van der Waals surface area contributed by atoms with Crippen molar-refractivity contribution in [2.75, 3.05) is 38.1 Å². The lowest BCUT2D eigenvalue weighted by molar-refractivity contribution is 0.194. The third-order valence-electron chi connectivity index (χ3n) is 1.25. The van der Waals surface area contributed by atoms with Crippen molar-refractivity contribution in [2.45, 2.75) is 0 Å². The van der Waals surface area contributed by atoms with Crippen molar-refractivity contribution in [1.29, 1.82) is 0 Å². The lowest BCUT2D eigenvalue weighted by Crippen LogP contribution is -2.05. The van der Waals surface area contributed by atoms with Gasteiger partial charge >= 0.3 is 0 Å². The molecule has 0 aliphatic carbocycles. The normalized spacial score (nSPS) is 24.0. The molecule has 0 spiro atoms. The molecule has 0 unspecified atom stereocenters. The van der Waals surface area contributed by atoms with Crippen molar-refractivity contribution in [3.05, 3.63) is 0 Å². The van der Waals surface area contributed by atoms with Gasteiger partial charge in [-0.05, 0) is 0 Å². The number of ether oxygens (including phenoxy) is 1. The third-order valence-corrected chi connectivity index (χ3v) is 2.16. The first-order valence-electron chi connectivity index (χ1n) is 3.57. The molecule has 2 heterocycles. The number of nitrogens with one attached hydrogen (secondary N) is 2. The predicted molar refractivity (Wildman–Crippen MR) is 44.1 cm³/mol. The van der Waals surface area contributed by atoms with Gasteiger partial charge in [-0.1, -0.05) is 0 Å². The highest BCUT2D eigenvalue weighted by molar-refractivity contribution is 7.99. The van der Waals surface area contributed by atoms with E-state index in [1.807, 2.05) is 11.8 Å². The fourth-order valence-electron chi connectivity index (χ4n) is 0.722. The van der Waals surface area contributed by atoms with Gasteiger partial charge in [0.25, 0.3) is 0 Å². The second-order valence-corrected chi connectivity index (χ2v) is 3.21. The molecule has 0 saturated carbocycles. The van der Waals surface area contributed by atoms with Gasteiger partial charge in [0.1, 0.15) is 0 Å². The van der Waals surface area contributed by atoms with E-state index in [0.29, 0.717) is 0 Å². The topological polar surface area (TPSA) is 33.3 Å². The predicted octanol–water partition coefficient (Wildman–Crippen LogP) is -0.156. The minimum Gasteiger partial charge on any atom is -0.365 e. The van der Waals surface area contributed by atoms with E-state index in [-0.39, 0.29) is 0 Å². The molecule has 4 heteroatoms. The van der Waals surface area contributed by atoms with Crippen LogP contribution in [0, 0.1) is 0 Å². The van der Waals surface area contributed by atoms with Crippen LogP contribution < -0.4 is 10.6 Å². The van der Waals surface area contributed by atoms with Crippen LogP contribution in [0.5, 0.6) is 0 Å². The summed E-state index contributed by atoms with van der Waals surface area (Å²) in [6.07, 6.45) is 0. The third kappa shape index (κ3) is 4.11. The van der Waals surface area contributed by atoms with Gasteiger partial charge in [-0.25, -0.2) is 0 Å². The highest BCUT2D eigenvalue weighted by Crippen LogP contribution is 1.99. The molecule has 2 N–H and O–H groups in total. The summed E-state index contributed by atoms with van der Waals surface area (Å²) in [6.45, 7) is 3.88. The van der Waals surface area contributed by atoms with Crippen LogP contribution in [-0.2, 0) is 4.74 Å². The van der Waals surface area contributed by atoms with E-state index in [9.17, 15) is 0 Å². The van der Waals surface area contributed by atoms with Crippen molar-refractivity contribution in [1.82, 2.24) is 10.6 Å². The van der Waals surface area contributed by atoms with Crippen LogP contribution in [0.25, 0.3) is 0 Å². The Bertz CT molecular complexity index is 48.9. The van der Waals surface area contributed by atoms with Crippen molar-refractivity contribution in [3.8, 4) is 0 Å². The summed E-state index contributed by atoms with van der Waals surface area (Å²) in [6, 6.07) is 0. The Hall–Kier alpha value is 0.230. The van der Waals surface area contributed by atoms with Crippen LogP contribution in [0.2, 0.25) is 0 Å². The van der Waals surface area contributed by atoms with Gasteiger partial charge in [0, 0.05) is 24.7 Å². The summed E-state index contributed by atoms with van der Waals surface area (Å²) in [7, 11) is 0. The quantitative estimate of drug-likeness (QED) is 0.519.